The lowest BCUT2D eigenvalue weighted by Crippen LogP contribution is -1.93. The van der Waals surface area contributed by atoms with E-state index >= 15 is 0 Å². The lowest BCUT2D eigenvalue weighted by molar-refractivity contribution is 1.18. The van der Waals surface area contributed by atoms with E-state index in [1.165, 1.54) is 71.6 Å². The third kappa shape index (κ3) is 3.55. The van der Waals surface area contributed by atoms with Crippen molar-refractivity contribution in [2.75, 3.05) is 0 Å². The minimum atomic E-state index is 1.18. The Morgan fingerprint density at radius 2 is 0.744 bits per heavy atom. The van der Waals surface area contributed by atoms with E-state index in [0.29, 0.717) is 0 Å². The first-order chi connectivity index (χ1) is 19.3. The van der Waals surface area contributed by atoms with Crippen LogP contribution >= 0.6 is 0 Å². The van der Waals surface area contributed by atoms with Crippen molar-refractivity contribution in [2.24, 2.45) is 0 Å². The highest BCUT2D eigenvalue weighted by atomic mass is 15.0. The number of aromatic nitrogens is 1. The van der Waals surface area contributed by atoms with Gasteiger partial charge in [0.25, 0.3) is 0 Å². The van der Waals surface area contributed by atoms with Crippen LogP contribution in [0, 0.1) is 0 Å². The van der Waals surface area contributed by atoms with Gasteiger partial charge in [0.05, 0.1) is 11.0 Å². The fourth-order valence-electron chi connectivity index (χ4n) is 6.09. The van der Waals surface area contributed by atoms with Crippen LogP contribution in [-0.4, -0.2) is 4.57 Å². The Morgan fingerprint density at radius 1 is 0.308 bits per heavy atom. The quantitative estimate of drug-likeness (QED) is 0.214. The molecule has 0 bridgehead atoms. The van der Waals surface area contributed by atoms with Crippen LogP contribution in [0.25, 0.3) is 71.6 Å². The summed E-state index contributed by atoms with van der Waals surface area (Å²) in [7, 11) is 0. The van der Waals surface area contributed by atoms with Crippen LogP contribution in [0.5, 0.6) is 0 Å². The molecule has 0 aliphatic carbocycles. The van der Waals surface area contributed by atoms with E-state index in [-0.39, 0.29) is 0 Å². The van der Waals surface area contributed by atoms with Crippen LogP contribution in [0.15, 0.2) is 152 Å². The molecule has 8 rings (SSSR count). The predicted octanol–water partition coefficient (Wildman–Crippen LogP) is 10.4. The molecule has 1 heterocycles. The molecule has 0 saturated carbocycles. The molecule has 8 aromatic rings. The summed E-state index contributed by atoms with van der Waals surface area (Å²) in [5.74, 6) is 0. The molecule has 0 aliphatic rings. The van der Waals surface area contributed by atoms with Crippen molar-refractivity contribution in [3.8, 4) is 39.1 Å². The number of benzene rings is 7. The molecular weight excluding hydrogens is 470 g/mol. The molecule has 1 nitrogen and oxygen atoms in total. The van der Waals surface area contributed by atoms with Crippen LogP contribution in [0.2, 0.25) is 0 Å². The Morgan fingerprint density at radius 3 is 1.21 bits per heavy atom. The van der Waals surface area contributed by atoms with Crippen molar-refractivity contribution in [2.45, 2.75) is 0 Å². The van der Waals surface area contributed by atoms with Gasteiger partial charge in [-0.1, -0.05) is 109 Å². The Kier molecular flexibility index (Phi) is 4.89. The second kappa shape index (κ2) is 8.72. The van der Waals surface area contributed by atoms with Crippen LogP contribution in [0.1, 0.15) is 0 Å². The van der Waals surface area contributed by atoms with Crippen LogP contribution in [0.3, 0.4) is 0 Å². The molecule has 182 valence electrons. The van der Waals surface area contributed by atoms with E-state index in [1.807, 2.05) is 0 Å². The summed E-state index contributed by atoms with van der Waals surface area (Å²) in [6.45, 7) is 0. The molecule has 1 aromatic heterocycles. The first-order valence-electron chi connectivity index (χ1n) is 13.4. The molecule has 1 heteroatoms. The van der Waals surface area contributed by atoms with E-state index in [2.05, 4.69) is 156 Å². The molecule has 0 spiro atoms. The minimum absolute atomic E-state index is 1.18. The molecule has 0 fully saturated rings. The van der Waals surface area contributed by atoms with Gasteiger partial charge in [0.15, 0.2) is 0 Å². The van der Waals surface area contributed by atoms with Crippen molar-refractivity contribution in [1.82, 2.24) is 4.57 Å². The molecular formula is C38H25N. The number of rotatable bonds is 4. The molecule has 0 atom stereocenters. The standard InChI is InChI=1S/C38H25N/c1-3-9-26(10-4-1)31-23-32(27-11-5-2-6-12-27)25-33(24-31)28-19-21-34(22-20-28)39-35-15-7-13-29-17-18-30-14-8-16-36(39)38(30)37(29)35/h1-25H. The van der Waals surface area contributed by atoms with Gasteiger partial charge in [0.1, 0.15) is 0 Å². The molecule has 39 heavy (non-hydrogen) atoms. The smallest absolute Gasteiger partial charge is 0.0547 e. The highest BCUT2D eigenvalue weighted by Crippen LogP contribution is 2.39. The zero-order chi connectivity index (χ0) is 25.8. The summed E-state index contributed by atoms with van der Waals surface area (Å²) in [4.78, 5) is 0. The van der Waals surface area contributed by atoms with Gasteiger partial charge >= 0.3 is 0 Å². The summed E-state index contributed by atoms with van der Waals surface area (Å²) in [5, 5.41) is 5.27. The number of nitrogens with zero attached hydrogens (tertiary/aromatic N) is 1. The van der Waals surface area contributed by atoms with Gasteiger partial charge < -0.3 is 4.57 Å². The normalized spacial score (nSPS) is 11.6. The van der Waals surface area contributed by atoms with Crippen molar-refractivity contribution in [1.29, 1.82) is 0 Å². The topological polar surface area (TPSA) is 4.93 Å². The summed E-state index contributed by atoms with van der Waals surface area (Å²) in [6, 6.07) is 55.0. The maximum Gasteiger partial charge on any atom is 0.0547 e. The average Bonchev–Trinajstić information content (AvgIpc) is 3.36. The predicted molar refractivity (Wildman–Crippen MR) is 166 cm³/mol. The van der Waals surface area contributed by atoms with Gasteiger partial charge in [-0.25, -0.2) is 0 Å². The third-order valence-electron chi connectivity index (χ3n) is 7.93. The molecule has 0 aliphatic heterocycles. The lowest BCUT2D eigenvalue weighted by Gasteiger charge is -2.13. The van der Waals surface area contributed by atoms with Crippen molar-refractivity contribution >= 4 is 32.6 Å². The SMILES string of the molecule is c1ccc(-c2cc(-c3ccccc3)cc(-c3ccc(-n4c5cccc6ccc7cccc4c7c65)cc3)c2)cc1. The molecule has 0 unspecified atom stereocenters. The maximum absolute atomic E-state index is 2.41. The second-order valence-corrected chi connectivity index (χ2v) is 10.2. The van der Waals surface area contributed by atoms with Crippen LogP contribution < -0.4 is 0 Å². The molecule has 0 amide bonds. The summed E-state index contributed by atoms with van der Waals surface area (Å²) in [5.41, 5.74) is 11.0. The van der Waals surface area contributed by atoms with Crippen molar-refractivity contribution in [3.05, 3.63) is 152 Å². The van der Waals surface area contributed by atoms with Gasteiger partial charge in [-0.05, 0) is 86.6 Å². The van der Waals surface area contributed by atoms with Crippen LogP contribution in [-0.2, 0) is 0 Å². The number of hydrogen-bond donors (Lipinski definition) is 0. The molecule has 0 saturated heterocycles. The Balaban J connectivity index is 1.29. The van der Waals surface area contributed by atoms with Gasteiger partial charge in [0.2, 0.25) is 0 Å². The zero-order valence-electron chi connectivity index (χ0n) is 21.4. The van der Waals surface area contributed by atoms with Gasteiger partial charge in [0, 0.05) is 16.5 Å². The summed E-state index contributed by atoms with van der Waals surface area (Å²) in [6.07, 6.45) is 0. The van der Waals surface area contributed by atoms with E-state index in [0.717, 1.165) is 0 Å². The lowest BCUT2D eigenvalue weighted by atomic mass is 9.93. The Hall–Kier alpha value is -5.14. The number of hydrogen-bond acceptors (Lipinski definition) is 0. The Bertz CT molecular complexity index is 1960. The molecule has 7 aromatic carbocycles. The van der Waals surface area contributed by atoms with Gasteiger partial charge in [-0.2, -0.15) is 0 Å². The largest absolute Gasteiger partial charge is 0.309 e. The summed E-state index contributed by atoms with van der Waals surface area (Å²) < 4.78 is 2.41. The van der Waals surface area contributed by atoms with Crippen molar-refractivity contribution in [3.63, 3.8) is 0 Å². The van der Waals surface area contributed by atoms with Crippen LogP contribution in [0.4, 0.5) is 0 Å². The Labute approximate surface area is 227 Å². The second-order valence-electron chi connectivity index (χ2n) is 10.2. The minimum Gasteiger partial charge on any atom is -0.309 e. The first-order valence-corrected chi connectivity index (χ1v) is 13.4. The van der Waals surface area contributed by atoms with Gasteiger partial charge in [-0.15, -0.1) is 0 Å². The third-order valence-corrected chi connectivity index (χ3v) is 7.93. The first kappa shape index (κ1) is 21.9. The highest BCUT2D eigenvalue weighted by molar-refractivity contribution is 6.24. The maximum atomic E-state index is 2.41. The molecule has 0 radical (unpaired) electrons. The fourth-order valence-corrected chi connectivity index (χ4v) is 6.09. The monoisotopic (exact) mass is 495 g/mol. The van der Waals surface area contributed by atoms with E-state index in [4.69, 9.17) is 0 Å². The van der Waals surface area contributed by atoms with Crippen molar-refractivity contribution < 1.29 is 0 Å². The van der Waals surface area contributed by atoms with E-state index in [9.17, 15) is 0 Å². The van der Waals surface area contributed by atoms with E-state index < -0.39 is 0 Å². The highest BCUT2D eigenvalue weighted by Gasteiger charge is 2.16. The van der Waals surface area contributed by atoms with Gasteiger partial charge in [-0.3, -0.25) is 0 Å². The average molecular weight is 496 g/mol. The molecule has 0 N–H and O–H groups in total. The zero-order valence-corrected chi connectivity index (χ0v) is 21.4. The van der Waals surface area contributed by atoms with E-state index in [1.54, 1.807) is 0 Å². The summed E-state index contributed by atoms with van der Waals surface area (Å²) >= 11 is 0. The fraction of sp³-hybridized carbons (Fsp3) is 0.